The molecule has 0 heterocycles. The van der Waals surface area contributed by atoms with Gasteiger partial charge in [0.15, 0.2) is 0 Å². The Kier molecular flexibility index (Phi) is 10.9. The van der Waals surface area contributed by atoms with E-state index < -0.39 is 11.8 Å². The van der Waals surface area contributed by atoms with Crippen LogP contribution in [-0.4, -0.2) is 30.6 Å². The van der Waals surface area contributed by atoms with E-state index in [1.54, 1.807) is 84.9 Å². The summed E-state index contributed by atoms with van der Waals surface area (Å²) in [5.74, 6) is -0.651. The van der Waals surface area contributed by atoms with Gasteiger partial charge in [0.1, 0.15) is 11.4 Å². The number of thioether (sulfide) groups is 1. The number of halogens is 3. The quantitative estimate of drug-likeness (QED) is 0.121. The Bertz CT molecular complexity index is 1650. The SMILES string of the molecule is COc1ccc(NC(=O)CSc2cccc(NC(=O)/C(=C\c3cccc(Cl)c3Cl)NC(=O)c3ccccc3)c2)cc1Cl. The first kappa shape index (κ1) is 31.0. The molecule has 0 fully saturated rings. The Balaban J connectivity index is 1.46. The average molecular weight is 641 g/mol. The summed E-state index contributed by atoms with van der Waals surface area (Å²) in [5.41, 5.74) is 1.80. The molecule has 0 aliphatic rings. The van der Waals surface area contributed by atoms with Crippen LogP contribution in [0, 0.1) is 0 Å². The summed E-state index contributed by atoms with van der Waals surface area (Å²) < 4.78 is 5.13. The first-order valence-corrected chi connectivity index (χ1v) is 14.5. The van der Waals surface area contributed by atoms with Crippen molar-refractivity contribution in [1.82, 2.24) is 5.32 Å². The average Bonchev–Trinajstić information content (AvgIpc) is 2.98. The third kappa shape index (κ3) is 8.53. The van der Waals surface area contributed by atoms with Gasteiger partial charge in [-0.1, -0.05) is 71.2 Å². The molecule has 0 spiro atoms. The van der Waals surface area contributed by atoms with Crippen molar-refractivity contribution >= 4 is 81.7 Å². The molecule has 214 valence electrons. The third-order valence-corrected chi connectivity index (χ3v) is 7.83. The molecule has 0 atom stereocenters. The Morgan fingerprint density at radius 1 is 0.810 bits per heavy atom. The third-order valence-electron chi connectivity index (χ3n) is 5.71. The highest BCUT2D eigenvalue weighted by Crippen LogP contribution is 2.29. The van der Waals surface area contributed by atoms with E-state index in [2.05, 4.69) is 16.0 Å². The Labute approximate surface area is 262 Å². The zero-order valence-corrected chi connectivity index (χ0v) is 25.2. The van der Waals surface area contributed by atoms with Gasteiger partial charge >= 0.3 is 0 Å². The van der Waals surface area contributed by atoms with Crippen molar-refractivity contribution in [3.05, 3.63) is 123 Å². The molecule has 0 aliphatic heterocycles. The zero-order chi connectivity index (χ0) is 30.1. The molecule has 0 unspecified atom stereocenters. The van der Waals surface area contributed by atoms with Crippen LogP contribution < -0.4 is 20.7 Å². The minimum Gasteiger partial charge on any atom is -0.495 e. The van der Waals surface area contributed by atoms with Crippen molar-refractivity contribution in [3.63, 3.8) is 0 Å². The van der Waals surface area contributed by atoms with Crippen LogP contribution in [0.2, 0.25) is 15.1 Å². The zero-order valence-electron chi connectivity index (χ0n) is 22.1. The first-order valence-electron chi connectivity index (χ1n) is 12.4. The first-order chi connectivity index (χ1) is 20.2. The normalized spacial score (nSPS) is 11.0. The Morgan fingerprint density at radius 3 is 2.29 bits per heavy atom. The number of nitrogens with one attached hydrogen (secondary N) is 3. The van der Waals surface area contributed by atoms with E-state index in [0.29, 0.717) is 38.3 Å². The van der Waals surface area contributed by atoms with Gasteiger partial charge in [-0.3, -0.25) is 14.4 Å². The summed E-state index contributed by atoms with van der Waals surface area (Å²) >= 11 is 19.9. The topological polar surface area (TPSA) is 96.5 Å². The highest BCUT2D eigenvalue weighted by Gasteiger charge is 2.17. The number of ether oxygens (including phenoxy) is 1. The molecule has 4 rings (SSSR count). The second-order valence-corrected chi connectivity index (χ2v) is 10.9. The van der Waals surface area contributed by atoms with Crippen molar-refractivity contribution < 1.29 is 19.1 Å². The molecular weight excluding hydrogens is 617 g/mol. The number of carbonyl (C=O) groups is 3. The summed E-state index contributed by atoms with van der Waals surface area (Å²) in [6, 6.07) is 25.5. The van der Waals surface area contributed by atoms with Crippen LogP contribution in [0.15, 0.2) is 102 Å². The molecule has 3 amide bonds. The van der Waals surface area contributed by atoms with E-state index in [1.165, 1.54) is 24.9 Å². The predicted octanol–water partition coefficient (Wildman–Crippen LogP) is 7.80. The van der Waals surface area contributed by atoms with Gasteiger partial charge in [0.2, 0.25) is 5.91 Å². The van der Waals surface area contributed by atoms with Crippen LogP contribution in [0.1, 0.15) is 15.9 Å². The maximum Gasteiger partial charge on any atom is 0.272 e. The summed E-state index contributed by atoms with van der Waals surface area (Å²) in [5, 5.41) is 9.20. The number of methoxy groups -OCH3 is 1. The van der Waals surface area contributed by atoms with E-state index in [0.717, 1.165) is 4.90 Å². The monoisotopic (exact) mass is 639 g/mol. The Hall–Kier alpha value is -3.95. The van der Waals surface area contributed by atoms with Gasteiger partial charge in [-0.25, -0.2) is 0 Å². The number of carbonyl (C=O) groups excluding carboxylic acids is 3. The van der Waals surface area contributed by atoms with E-state index in [9.17, 15) is 14.4 Å². The standard InChI is InChI=1S/C31H24Cl3N3O4S/c1-41-27-14-13-22(17-25(27)33)35-28(38)18-42-23-11-6-10-21(16-23)36-31(40)26(15-20-9-5-12-24(32)29(20)34)37-30(39)19-7-3-2-4-8-19/h2-17H,18H2,1H3,(H,35,38)(H,36,40)(H,37,39)/b26-15+. The van der Waals surface area contributed by atoms with Gasteiger partial charge in [-0.05, 0) is 66.2 Å². The largest absolute Gasteiger partial charge is 0.495 e. The highest BCUT2D eigenvalue weighted by atomic mass is 35.5. The fourth-order valence-electron chi connectivity index (χ4n) is 3.68. The number of anilines is 2. The number of hydrogen-bond donors (Lipinski definition) is 3. The van der Waals surface area contributed by atoms with Gasteiger partial charge in [0.05, 0.1) is 27.9 Å². The molecule has 4 aromatic carbocycles. The molecule has 0 saturated heterocycles. The molecule has 0 saturated carbocycles. The molecule has 0 aromatic heterocycles. The molecule has 3 N–H and O–H groups in total. The van der Waals surface area contributed by atoms with Crippen LogP contribution in [-0.2, 0) is 9.59 Å². The van der Waals surface area contributed by atoms with Gasteiger partial charge in [0, 0.05) is 21.8 Å². The van der Waals surface area contributed by atoms with Gasteiger partial charge in [0.25, 0.3) is 11.8 Å². The van der Waals surface area contributed by atoms with Crippen LogP contribution in [0.3, 0.4) is 0 Å². The second-order valence-electron chi connectivity index (χ2n) is 8.69. The van der Waals surface area contributed by atoms with Crippen molar-refractivity contribution in [3.8, 4) is 5.75 Å². The maximum absolute atomic E-state index is 13.4. The van der Waals surface area contributed by atoms with Crippen LogP contribution in [0.4, 0.5) is 11.4 Å². The molecule has 4 aromatic rings. The van der Waals surface area contributed by atoms with Gasteiger partial charge in [-0.2, -0.15) is 0 Å². The van der Waals surface area contributed by atoms with Crippen molar-refractivity contribution in [2.45, 2.75) is 4.90 Å². The number of hydrogen-bond acceptors (Lipinski definition) is 5. The minimum absolute atomic E-state index is 0.0383. The molecule has 7 nitrogen and oxygen atoms in total. The smallest absolute Gasteiger partial charge is 0.272 e. The van der Waals surface area contributed by atoms with Crippen LogP contribution in [0.25, 0.3) is 6.08 Å². The molecule has 11 heteroatoms. The molecule has 0 bridgehead atoms. The van der Waals surface area contributed by atoms with Crippen LogP contribution >= 0.6 is 46.6 Å². The summed E-state index contributed by atoms with van der Waals surface area (Å²) in [6.07, 6.45) is 1.46. The lowest BCUT2D eigenvalue weighted by atomic mass is 10.1. The second kappa shape index (κ2) is 14.8. The fourth-order valence-corrected chi connectivity index (χ4v) is 5.06. The number of amides is 3. The van der Waals surface area contributed by atoms with E-state index in [-0.39, 0.29) is 22.4 Å². The Morgan fingerprint density at radius 2 is 1.55 bits per heavy atom. The summed E-state index contributed by atoms with van der Waals surface area (Å²) in [7, 11) is 1.51. The molecule has 0 radical (unpaired) electrons. The molecule has 0 aliphatic carbocycles. The number of benzene rings is 4. The van der Waals surface area contributed by atoms with E-state index in [4.69, 9.17) is 39.5 Å². The van der Waals surface area contributed by atoms with Gasteiger partial charge < -0.3 is 20.7 Å². The fraction of sp³-hybridized carbons (Fsp3) is 0.0645. The van der Waals surface area contributed by atoms with E-state index in [1.807, 2.05) is 6.07 Å². The lowest BCUT2D eigenvalue weighted by Crippen LogP contribution is -2.30. The number of rotatable bonds is 10. The van der Waals surface area contributed by atoms with Crippen molar-refractivity contribution in [1.29, 1.82) is 0 Å². The summed E-state index contributed by atoms with van der Waals surface area (Å²) in [4.78, 5) is 39.5. The minimum atomic E-state index is -0.577. The molecular formula is C31H24Cl3N3O4S. The van der Waals surface area contributed by atoms with Crippen molar-refractivity contribution in [2.75, 3.05) is 23.5 Å². The summed E-state index contributed by atoms with van der Waals surface area (Å²) in [6.45, 7) is 0. The van der Waals surface area contributed by atoms with Gasteiger partial charge in [-0.15, -0.1) is 11.8 Å². The van der Waals surface area contributed by atoms with Crippen LogP contribution in [0.5, 0.6) is 5.75 Å². The lowest BCUT2D eigenvalue weighted by Gasteiger charge is -2.13. The highest BCUT2D eigenvalue weighted by molar-refractivity contribution is 8.00. The predicted molar refractivity (Wildman–Crippen MR) is 171 cm³/mol. The molecule has 42 heavy (non-hydrogen) atoms. The lowest BCUT2D eigenvalue weighted by molar-refractivity contribution is -0.114. The van der Waals surface area contributed by atoms with E-state index >= 15 is 0 Å². The maximum atomic E-state index is 13.4. The van der Waals surface area contributed by atoms with Crippen molar-refractivity contribution in [2.24, 2.45) is 0 Å².